The number of carbonyl (C=O) groups excluding carboxylic acids is 2. The smallest absolute Gasteiger partial charge is 0.249 e. The summed E-state index contributed by atoms with van der Waals surface area (Å²) in [7, 11) is 0. The first kappa shape index (κ1) is 16.4. The second-order valence-electron chi connectivity index (χ2n) is 5.96. The van der Waals surface area contributed by atoms with Crippen molar-refractivity contribution >= 4 is 34.9 Å². The summed E-state index contributed by atoms with van der Waals surface area (Å²) < 4.78 is 1.55. The topological polar surface area (TPSA) is 76.0 Å². The second kappa shape index (κ2) is 6.65. The molecule has 0 unspecified atom stereocenters. The van der Waals surface area contributed by atoms with E-state index in [2.05, 4.69) is 15.7 Å². The van der Waals surface area contributed by atoms with Crippen molar-refractivity contribution in [2.24, 2.45) is 0 Å². The standard InChI is InChI=1S/C19H15ClN4O2/c20-13-8-4-5-9-14(13)21-19(26)16-11-18(25)22-17-10-15(23-24(16)17)12-6-2-1-3-7-12/h1-10,16H,11H2,(H,21,26)(H,22,25)/t16-/m0/s1. The molecule has 0 saturated heterocycles. The third kappa shape index (κ3) is 3.07. The summed E-state index contributed by atoms with van der Waals surface area (Å²) in [5.41, 5.74) is 2.11. The van der Waals surface area contributed by atoms with E-state index < -0.39 is 6.04 Å². The highest BCUT2D eigenvalue weighted by atomic mass is 35.5. The maximum Gasteiger partial charge on any atom is 0.249 e. The summed E-state index contributed by atoms with van der Waals surface area (Å²) in [5, 5.41) is 10.5. The van der Waals surface area contributed by atoms with Gasteiger partial charge >= 0.3 is 0 Å². The molecule has 7 heteroatoms. The van der Waals surface area contributed by atoms with Crippen LogP contribution in [-0.2, 0) is 9.59 Å². The van der Waals surface area contributed by atoms with Crippen LogP contribution in [0.15, 0.2) is 60.7 Å². The lowest BCUT2D eigenvalue weighted by atomic mass is 10.1. The number of hydrogen-bond acceptors (Lipinski definition) is 3. The minimum absolute atomic E-state index is 0.0131. The molecule has 2 heterocycles. The van der Waals surface area contributed by atoms with Gasteiger partial charge in [0.05, 0.1) is 22.8 Å². The number of rotatable bonds is 3. The van der Waals surface area contributed by atoms with Crippen LogP contribution in [0.25, 0.3) is 11.3 Å². The quantitative estimate of drug-likeness (QED) is 0.741. The number of hydrogen-bond donors (Lipinski definition) is 2. The molecule has 2 N–H and O–H groups in total. The summed E-state index contributed by atoms with van der Waals surface area (Å²) in [6.07, 6.45) is 0.0131. The number of benzene rings is 2. The Morgan fingerprint density at radius 3 is 2.65 bits per heavy atom. The summed E-state index contributed by atoms with van der Waals surface area (Å²) in [5.74, 6) is -0.0624. The largest absolute Gasteiger partial charge is 0.323 e. The van der Waals surface area contributed by atoms with Crippen LogP contribution in [0.1, 0.15) is 12.5 Å². The van der Waals surface area contributed by atoms with Gasteiger partial charge in [0.2, 0.25) is 11.8 Å². The summed E-state index contributed by atoms with van der Waals surface area (Å²) >= 11 is 6.10. The second-order valence-corrected chi connectivity index (χ2v) is 6.37. The van der Waals surface area contributed by atoms with Gasteiger partial charge in [-0.2, -0.15) is 5.10 Å². The van der Waals surface area contributed by atoms with E-state index in [0.29, 0.717) is 22.2 Å². The lowest BCUT2D eigenvalue weighted by molar-refractivity contribution is -0.125. The Morgan fingerprint density at radius 2 is 1.88 bits per heavy atom. The Hall–Kier alpha value is -3.12. The van der Waals surface area contributed by atoms with Crippen LogP contribution in [0, 0.1) is 0 Å². The molecular formula is C19H15ClN4O2. The predicted molar refractivity (Wildman–Crippen MR) is 100 cm³/mol. The first-order valence-electron chi connectivity index (χ1n) is 8.12. The average Bonchev–Trinajstić information content (AvgIpc) is 3.07. The predicted octanol–water partition coefficient (Wildman–Crippen LogP) is 3.73. The monoisotopic (exact) mass is 366 g/mol. The molecule has 0 fully saturated rings. The van der Waals surface area contributed by atoms with Crippen molar-refractivity contribution in [1.29, 1.82) is 0 Å². The fraction of sp³-hybridized carbons (Fsp3) is 0.105. The zero-order valence-corrected chi connectivity index (χ0v) is 14.4. The molecule has 26 heavy (non-hydrogen) atoms. The molecule has 6 nitrogen and oxygen atoms in total. The van der Waals surface area contributed by atoms with Gasteiger partial charge < -0.3 is 10.6 Å². The highest BCUT2D eigenvalue weighted by molar-refractivity contribution is 6.33. The summed E-state index contributed by atoms with van der Waals surface area (Å²) in [6, 6.07) is 17.6. The molecule has 1 aromatic heterocycles. The van der Waals surface area contributed by atoms with Gasteiger partial charge in [-0.15, -0.1) is 0 Å². The minimum atomic E-state index is -0.743. The van der Waals surface area contributed by atoms with Crippen LogP contribution in [0.5, 0.6) is 0 Å². The van der Waals surface area contributed by atoms with Crippen molar-refractivity contribution in [3.8, 4) is 11.3 Å². The number of amides is 2. The molecule has 130 valence electrons. The van der Waals surface area contributed by atoms with E-state index >= 15 is 0 Å². The van der Waals surface area contributed by atoms with Crippen LogP contribution >= 0.6 is 11.6 Å². The lowest BCUT2D eigenvalue weighted by Crippen LogP contribution is -2.35. The molecule has 1 atom stereocenters. The van der Waals surface area contributed by atoms with E-state index in [1.165, 1.54) is 0 Å². The number of carbonyl (C=O) groups is 2. The maximum atomic E-state index is 12.8. The molecule has 0 spiro atoms. The molecule has 4 rings (SSSR count). The zero-order valence-electron chi connectivity index (χ0n) is 13.6. The highest BCUT2D eigenvalue weighted by Crippen LogP contribution is 2.30. The third-order valence-corrected chi connectivity index (χ3v) is 4.51. The van der Waals surface area contributed by atoms with Crippen molar-refractivity contribution in [1.82, 2.24) is 9.78 Å². The van der Waals surface area contributed by atoms with E-state index in [-0.39, 0.29) is 18.2 Å². The normalized spacial score (nSPS) is 15.9. The first-order valence-corrected chi connectivity index (χ1v) is 8.50. The Labute approximate surface area is 154 Å². The van der Waals surface area contributed by atoms with E-state index in [4.69, 9.17) is 11.6 Å². The number of nitrogens with one attached hydrogen (secondary N) is 2. The van der Waals surface area contributed by atoms with E-state index in [1.807, 2.05) is 30.3 Å². The van der Waals surface area contributed by atoms with Crippen molar-refractivity contribution in [3.63, 3.8) is 0 Å². The van der Waals surface area contributed by atoms with Gasteiger partial charge in [-0.05, 0) is 12.1 Å². The van der Waals surface area contributed by atoms with Gasteiger partial charge in [0, 0.05) is 11.6 Å². The molecule has 2 amide bonds. The highest BCUT2D eigenvalue weighted by Gasteiger charge is 2.32. The maximum absolute atomic E-state index is 12.8. The van der Waals surface area contributed by atoms with E-state index in [0.717, 1.165) is 5.56 Å². The molecule has 0 aliphatic carbocycles. The van der Waals surface area contributed by atoms with Crippen LogP contribution in [0.4, 0.5) is 11.5 Å². The molecule has 0 saturated carbocycles. The van der Waals surface area contributed by atoms with Gasteiger partial charge in [0.1, 0.15) is 11.9 Å². The lowest BCUT2D eigenvalue weighted by Gasteiger charge is -2.23. The van der Waals surface area contributed by atoms with Gasteiger partial charge in [0.15, 0.2) is 0 Å². The van der Waals surface area contributed by atoms with Crippen molar-refractivity contribution in [2.45, 2.75) is 12.5 Å². The number of halogens is 1. The molecule has 1 aliphatic rings. The van der Waals surface area contributed by atoms with Gasteiger partial charge in [-0.25, -0.2) is 4.68 Å². The van der Waals surface area contributed by atoms with Crippen LogP contribution < -0.4 is 10.6 Å². The number of nitrogens with zero attached hydrogens (tertiary/aromatic N) is 2. The number of fused-ring (bicyclic) bond motifs is 1. The number of aromatic nitrogens is 2. The molecule has 0 bridgehead atoms. The Morgan fingerprint density at radius 1 is 1.15 bits per heavy atom. The molecular weight excluding hydrogens is 352 g/mol. The van der Waals surface area contributed by atoms with E-state index in [9.17, 15) is 9.59 Å². The van der Waals surface area contributed by atoms with Gasteiger partial charge in [-0.1, -0.05) is 54.1 Å². The van der Waals surface area contributed by atoms with Gasteiger partial charge in [0.25, 0.3) is 0 Å². The van der Waals surface area contributed by atoms with Crippen molar-refractivity contribution < 1.29 is 9.59 Å². The third-order valence-electron chi connectivity index (χ3n) is 4.18. The Kier molecular flexibility index (Phi) is 4.18. The first-order chi connectivity index (χ1) is 12.6. The Balaban J connectivity index is 1.66. The van der Waals surface area contributed by atoms with Crippen molar-refractivity contribution in [3.05, 3.63) is 65.7 Å². The summed E-state index contributed by atoms with van der Waals surface area (Å²) in [6.45, 7) is 0. The molecule has 3 aromatic rings. The van der Waals surface area contributed by atoms with Crippen LogP contribution in [-0.4, -0.2) is 21.6 Å². The molecule has 1 aliphatic heterocycles. The fourth-order valence-corrected chi connectivity index (χ4v) is 3.10. The van der Waals surface area contributed by atoms with Crippen LogP contribution in [0.3, 0.4) is 0 Å². The van der Waals surface area contributed by atoms with E-state index in [1.54, 1.807) is 35.0 Å². The zero-order chi connectivity index (χ0) is 18.1. The molecule has 2 aromatic carbocycles. The average molecular weight is 367 g/mol. The minimum Gasteiger partial charge on any atom is -0.323 e. The SMILES string of the molecule is O=C1C[C@@H](C(=O)Nc2ccccc2Cl)n2nc(-c3ccccc3)cc2N1. The van der Waals surface area contributed by atoms with Crippen molar-refractivity contribution in [2.75, 3.05) is 10.6 Å². The van der Waals surface area contributed by atoms with Crippen LogP contribution in [0.2, 0.25) is 5.02 Å². The number of anilines is 2. The summed E-state index contributed by atoms with van der Waals surface area (Å²) in [4.78, 5) is 24.8. The Bertz CT molecular complexity index is 984. The fourth-order valence-electron chi connectivity index (χ4n) is 2.91. The van der Waals surface area contributed by atoms with Gasteiger partial charge in [-0.3, -0.25) is 9.59 Å². The number of para-hydroxylation sites is 1. The molecule has 0 radical (unpaired) electrons.